The minimum atomic E-state index is -0.0511. The van der Waals surface area contributed by atoms with Crippen LogP contribution in [-0.2, 0) is 17.8 Å². The van der Waals surface area contributed by atoms with E-state index in [4.69, 9.17) is 14.2 Å². The van der Waals surface area contributed by atoms with Crippen molar-refractivity contribution in [1.29, 1.82) is 0 Å². The average Bonchev–Trinajstić information content (AvgIpc) is 3.40. The number of hydrogen-bond acceptors (Lipinski definition) is 6. The van der Waals surface area contributed by atoms with Gasteiger partial charge in [-0.25, -0.2) is 0 Å². The molecule has 8 nitrogen and oxygen atoms in total. The van der Waals surface area contributed by atoms with Gasteiger partial charge in [-0.05, 0) is 42.2 Å². The number of piperazine rings is 1. The molecule has 0 saturated carbocycles. The third-order valence-electron chi connectivity index (χ3n) is 7.57. The second kappa shape index (κ2) is 10.8. The normalized spacial score (nSPS) is 18.5. The molecule has 0 aliphatic carbocycles. The molecule has 8 heteroatoms. The summed E-state index contributed by atoms with van der Waals surface area (Å²) in [6.07, 6.45) is 2.38. The first-order valence-corrected chi connectivity index (χ1v) is 12.8. The highest BCUT2D eigenvalue weighted by molar-refractivity contribution is 5.95. The lowest BCUT2D eigenvalue weighted by atomic mass is 9.94. The molecule has 3 aliphatic rings. The van der Waals surface area contributed by atoms with Crippen LogP contribution in [0.3, 0.4) is 0 Å². The van der Waals surface area contributed by atoms with Crippen LogP contribution in [0.2, 0.25) is 0 Å². The third kappa shape index (κ3) is 5.28. The molecule has 3 heterocycles. The average molecular weight is 494 g/mol. The first-order chi connectivity index (χ1) is 17.5. The van der Waals surface area contributed by atoms with Gasteiger partial charge in [-0.1, -0.05) is 12.1 Å². The van der Waals surface area contributed by atoms with E-state index in [0.717, 1.165) is 51.5 Å². The van der Waals surface area contributed by atoms with Crippen LogP contribution < -0.4 is 14.2 Å². The number of rotatable bonds is 6. The Bertz CT molecular complexity index is 1080. The molecule has 0 spiro atoms. The zero-order valence-corrected chi connectivity index (χ0v) is 21.2. The Morgan fingerprint density at radius 3 is 2.25 bits per heavy atom. The van der Waals surface area contributed by atoms with Crippen molar-refractivity contribution in [3.8, 4) is 17.2 Å². The third-order valence-corrected chi connectivity index (χ3v) is 7.57. The number of hydrogen-bond donors (Lipinski definition) is 0. The summed E-state index contributed by atoms with van der Waals surface area (Å²) in [5, 5.41) is 0. The molecule has 0 radical (unpaired) electrons. The maximum absolute atomic E-state index is 13.2. The summed E-state index contributed by atoms with van der Waals surface area (Å²) in [4.78, 5) is 32.6. The maximum atomic E-state index is 13.2. The van der Waals surface area contributed by atoms with Gasteiger partial charge in [0.1, 0.15) is 17.2 Å². The number of likely N-dealkylation sites (tertiary alicyclic amines) is 1. The smallest absolute Gasteiger partial charge is 0.254 e. The number of ether oxygens (including phenoxy) is 3. The van der Waals surface area contributed by atoms with Crippen molar-refractivity contribution < 1.29 is 23.8 Å². The molecule has 0 unspecified atom stereocenters. The van der Waals surface area contributed by atoms with Crippen LogP contribution in [0.5, 0.6) is 17.2 Å². The number of carbonyl (C=O) groups is 2. The molecule has 2 aromatic carbocycles. The molecule has 192 valence electrons. The zero-order chi connectivity index (χ0) is 25.1. The topological polar surface area (TPSA) is 71.6 Å². The van der Waals surface area contributed by atoms with Crippen molar-refractivity contribution in [3.63, 3.8) is 0 Å². The summed E-state index contributed by atoms with van der Waals surface area (Å²) in [7, 11) is 3.14. The summed E-state index contributed by atoms with van der Waals surface area (Å²) in [6, 6.07) is 11.7. The lowest BCUT2D eigenvalue weighted by Gasteiger charge is -2.38. The minimum absolute atomic E-state index is 0.0165. The Morgan fingerprint density at radius 1 is 0.889 bits per heavy atom. The number of fused-ring (bicyclic) bond motifs is 1. The summed E-state index contributed by atoms with van der Waals surface area (Å²) < 4.78 is 16.2. The Labute approximate surface area is 212 Å². The summed E-state index contributed by atoms with van der Waals surface area (Å²) >= 11 is 0. The number of carbonyl (C=O) groups excluding carboxylic acids is 2. The molecular weight excluding hydrogens is 458 g/mol. The van der Waals surface area contributed by atoms with E-state index in [0.29, 0.717) is 43.0 Å². The van der Waals surface area contributed by atoms with E-state index >= 15 is 0 Å². The van der Waals surface area contributed by atoms with Crippen molar-refractivity contribution >= 4 is 11.8 Å². The fourth-order valence-corrected chi connectivity index (χ4v) is 5.42. The first kappa shape index (κ1) is 24.4. The van der Waals surface area contributed by atoms with Crippen LogP contribution >= 0.6 is 0 Å². The van der Waals surface area contributed by atoms with Crippen LogP contribution in [0.15, 0.2) is 36.4 Å². The first-order valence-electron chi connectivity index (χ1n) is 12.8. The zero-order valence-electron chi connectivity index (χ0n) is 21.2. The van der Waals surface area contributed by atoms with Gasteiger partial charge in [0.05, 0.1) is 20.8 Å². The van der Waals surface area contributed by atoms with Crippen molar-refractivity contribution in [2.24, 2.45) is 5.92 Å². The predicted molar refractivity (Wildman–Crippen MR) is 136 cm³/mol. The van der Waals surface area contributed by atoms with Crippen molar-refractivity contribution in [3.05, 3.63) is 53.1 Å². The highest BCUT2D eigenvalue weighted by Crippen LogP contribution is 2.28. The molecule has 36 heavy (non-hydrogen) atoms. The largest absolute Gasteiger partial charge is 0.497 e. The van der Waals surface area contributed by atoms with E-state index in [2.05, 4.69) is 23.1 Å². The van der Waals surface area contributed by atoms with Crippen LogP contribution in [0.4, 0.5) is 0 Å². The standard InChI is InChI=1S/C28H35N3O5/c1-34-24-16-23(17-25(18-24)35-2)28(33)30-8-5-21(6-9-30)27(32)31-12-10-29(11-13-31)19-20-3-4-26-22(15-20)7-14-36-26/h3-4,15-18,21H,5-14,19H2,1-2H3. The fourth-order valence-electron chi connectivity index (χ4n) is 5.42. The second-order valence-corrected chi connectivity index (χ2v) is 9.81. The predicted octanol–water partition coefficient (Wildman–Crippen LogP) is 2.84. The molecule has 0 aromatic heterocycles. The highest BCUT2D eigenvalue weighted by atomic mass is 16.5. The molecule has 2 saturated heterocycles. The lowest BCUT2D eigenvalue weighted by Crippen LogP contribution is -2.51. The minimum Gasteiger partial charge on any atom is -0.497 e. The molecule has 2 amide bonds. The second-order valence-electron chi connectivity index (χ2n) is 9.81. The van der Waals surface area contributed by atoms with Gasteiger partial charge < -0.3 is 24.0 Å². The van der Waals surface area contributed by atoms with E-state index in [1.165, 1.54) is 11.1 Å². The van der Waals surface area contributed by atoms with Crippen molar-refractivity contribution in [2.75, 3.05) is 60.1 Å². The van der Waals surface area contributed by atoms with Crippen LogP contribution in [-0.4, -0.2) is 86.6 Å². The number of methoxy groups -OCH3 is 2. The molecule has 0 N–H and O–H groups in total. The molecule has 2 fully saturated rings. The van der Waals surface area contributed by atoms with E-state index in [-0.39, 0.29) is 17.7 Å². The number of nitrogens with zero attached hydrogens (tertiary/aromatic N) is 3. The van der Waals surface area contributed by atoms with E-state index in [1.54, 1.807) is 32.4 Å². The van der Waals surface area contributed by atoms with Gasteiger partial charge in [0, 0.05) is 69.8 Å². The molecule has 2 aromatic rings. The van der Waals surface area contributed by atoms with Crippen LogP contribution in [0.1, 0.15) is 34.3 Å². The lowest BCUT2D eigenvalue weighted by molar-refractivity contribution is -0.138. The van der Waals surface area contributed by atoms with Gasteiger partial charge in [0.15, 0.2) is 0 Å². The van der Waals surface area contributed by atoms with E-state index in [1.807, 2.05) is 9.80 Å². The molecular formula is C28H35N3O5. The van der Waals surface area contributed by atoms with Crippen molar-refractivity contribution in [2.45, 2.75) is 25.8 Å². The van der Waals surface area contributed by atoms with Gasteiger partial charge in [-0.2, -0.15) is 0 Å². The fraction of sp³-hybridized carbons (Fsp3) is 0.500. The maximum Gasteiger partial charge on any atom is 0.254 e. The Balaban J connectivity index is 1.10. The number of piperidine rings is 1. The van der Waals surface area contributed by atoms with Crippen molar-refractivity contribution in [1.82, 2.24) is 14.7 Å². The summed E-state index contributed by atoms with van der Waals surface area (Å²) in [5.41, 5.74) is 3.16. The quantitative estimate of drug-likeness (QED) is 0.616. The van der Waals surface area contributed by atoms with Gasteiger partial charge in [0.2, 0.25) is 5.91 Å². The highest BCUT2D eigenvalue weighted by Gasteiger charge is 2.32. The van der Waals surface area contributed by atoms with E-state index in [9.17, 15) is 9.59 Å². The Hall–Kier alpha value is -3.26. The summed E-state index contributed by atoms with van der Waals surface area (Å²) in [6.45, 7) is 6.13. The van der Waals surface area contributed by atoms with Crippen LogP contribution in [0, 0.1) is 5.92 Å². The number of benzene rings is 2. The monoisotopic (exact) mass is 493 g/mol. The Kier molecular flexibility index (Phi) is 7.32. The van der Waals surface area contributed by atoms with Gasteiger partial charge in [0.25, 0.3) is 5.91 Å². The Morgan fingerprint density at radius 2 is 1.58 bits per heavy atom. The molecule has 5 rings (SSSR count). The SMILES string of the molecule is COc1cc(OC)cc(C(=O)N2CCC(C(=O)N3CCN(Cc4ccc5c(c4)CCO5)CC3)CC2)c1. The molecule has 0 bridgehead atoms. The van der Waals surface area contributed by atoms with Gasteiger partial charge >= 0.3 is 0 Å². The van der Waals surface area contributed by atoms with Gasteiger partial charge in [-0.3, -0.25) is 14.5 Å². The summed E-state index contributed by atoms with van der Waals surface area (Å²) in [5.74, 6) is 2.37. The molecule has 0 atom stereocenters. The molecule has 3 aliphatic heterocycles. The van der Waals surface area contributed by atoms with Crippen LogP contribution in [0.25, 0.3) is 0 Å². The van der Waals surface area contributed by atoms with Gasteiger partial charge in [-0.15, -0.1) is 0 Å². The number of amides is 2. The van der Waals surface area contributed by atoms with E-state index < -0.39 is 0 Å².